The number of carboxylic acid groups (broad SMARTS) is 1. The number of carboxylic acids is 1. The summed E-state index contributed by atoms with van der Waals surface area (Å²) in [4.78, 5) is 36.5. The third kappa shape index (κ3) is 5.16. The zero-order valence-electron chi connectivity index (χ0n) is 17.8. The van der Waals surface area contributed by atoms with Crippen LogP contribution in [0.4, 0.5) is 10.5 Å². The molecule has 4 rings (SSSR count). The third-order valence-electron chi connectivity index (χ3n) is 5.52. The highest BCUT2D eigenvalue weighted by molar-refractivity contribution is 6.35. The van der Waals surface area contributed by atoms with E-state index in [2.05, 4.69) is 10.6 Å². The molecule has 0 fully saturated rings. The first-order chi connectivity index (χ1) is 16.3. The molecule has 2 amide bonds. The van der Waals surface area contributed by atoms with Crippen molar-refractivity contribution >= 4 is 46.9 Å². The van der Waals surface area contributed by atoms with Crippen molar-refractivity contribution in [3.63, 3.8) is 0 Å². The van der Waals surface area contributed by atoms with Gasteiger partial charge in [0, 0.05) is 10.9 Å². The molecule has 1 unspecified atom stereocenters. The quantitative estimate of drug-likeness (QED) is 0.409. The Kier molecular flexibility index (Phi) is 7.05. The van der Waals surface area contributed by atoms with Crippen LogP contribution in [0.1, 0.15) is 23.5 Å². The third-order valence-corrected chi connectivity index (χ3v) is 6.08. The summed E-state index contributed by atoms with van der Waals surface area (Å²) in [6, 6.07) is 18.8. The zero-order valence-corrected chi connectivity index (χ0v) is 19.3. The maximum absolute atomic E-state index is 12.7. The van der Waals surface area contributed by atoms with Crippen LogP contribution in [-0.2, 0) is 14.3 Å². The lowest BCUT2D eigenvalue weighted by Gasteiger charge is -2.19. The van der Waals surface area contributed by atoms with Crippen LogP contribution in [0.5, 0.6) is 0 Å². The van der Waals surface area contributed by atoms with E-state index in [-0.39, 0.29) is 23.2 Å². The lowest BCUT2D eigenvalue weighted by molar-refractivity contribution is -0.139. The molecule has 3 aromatic carbocycles. The summed E-state index contributed by atoms with van der Waals surface area (Å²) in [6.45, 7) is 0.0292. The van der Waals surface area contributed by atoms with Crippen molar-refractivity contribution in [2.45, 2.75) is 18.4 Å². The zero-order chi connectivity index (χ0) is 24.2. The fraction of sp³-hybridized carbons (Fsp3) is 0.160. The highest BCUT2D eigenvalue weighted by atomic mass is 35.5. The number of amides is 2. The van der Waals surface area contributed by atoms with Gasteiger partial charge in [-0.25, -0.2) is 4.79 Å². The molecule has 0 heterocycles. The monoisotopic (exact) mass is 498 g/mol. The predicted molar refractivity (Wildman–Crippen MR) is 129 cm³/mol. The molecule has 9 heteroatoms. The molecule has 174 valence electrons. The van der Waals surface area contributed by atoms with Crippen LogP contribution in [0.2, 0.25) is 10.0 Å². The van der Waals surface area contributed by atoms with Gasteiger partial charge < -0.3 is 20.5 Å². The number of ether oxygens (including phenoxy) is 1. The summed E-state index contributed by atoms with van der Waals surface area (Å²) < 4.78 is 5.42. The van der Waals surface area contributed by atoms with Gasteiger partial charge in [0.2, 0.25) is 5.91 Å². The second kappa shape index (κ2) is 10.2. The molecular weight excluding hydrogens is 479 g/mol. The van der Waals surface area contributed by atoms with E-state index >= 15 is 0 Å². The van der Waals surface area contributed by atoms with Crippen molar-refractivity contribution in [3.05, 3.63) is 87.9 Å². The van der Waals surface area contributed by atoms with Crippen LogP contribution in [0.3, 0.4) is 0 Å². The lowest BCUT2D eigenvalue weighted by atomic mass is 9.98. The van der Waals surface area contributed by atoms with E-state index < -0.39 is 30.4 Å². The summed E-state index contributed by atoms with van der Waals surface area (Å²) in [5.41, 5.74) is 4.42. The molecule has 0 spiro atoms. The van der Waals surface area contributed by atoms with E-state index in [4.69, 9.17) is 27.9 Å². The molecule has 0 saturated heterocycles. The minimum Gasteiger partial charge on any atom is -0.481 e. The Morgan fingerprint density at radius 3 is 2.18 bits per heavy atom. The smallest absolute Gasteiger partial charge is 0.407 e. The van der Waals surface area contributed by atoms with Gasteiger partial charge in [-0.2, -0.15) is 0 Å². The largest absolute Gasteiger partial charge is 0.481 e. The second-order valence-electron chi connectivity index (χ2n) is 7.73. The number of hydrogen-bond donors (Lipinski definition) is 3. The molecule has 0 bridgehead atoms. The number of aliphatic carboxylic acids is 1. The highest BCUT2D eigenvalue weighted by Gasteiger charge is 2.30. The minimum absolute atomic E-state index is 0.0292. The van der Waals surface area contributed by atoms with Crippen LogP contribution in [0, 0.1) is 0 Å². The molecular formula is C25H20Cl2N2O5. The van der Waals surface area contributed by atoms with Gasteiger partial charge in [0.1, 0.15) is 12.6 Å². The summed E-state index contributed by atoms with van der Waals surface area (Å²) in [5, 5.41) is 14.6. The van der Waals surface area contributed by atoms with E-state index in [0.717, 1.165) is 22.3 Å². The molecule has 3 aromatic rings. The van der Waals surface area contributed by atoms with Crippen LogP contribution in [0.15, 0.2) is 66.7 Å². The number of hydrogen-bond acceptors (Lipinski definition) is 4. The van der Waals surface area contributed by atoms with Crippen molar-refractivity contribution < 1.29 is 24.2 Å². The molecule has 0 radical (unpaired) electrons. The number of halogens is 2. The number of carbonyl (C=O) groups excluding carboxylic acids is 2. The van der Waals surface area contributed by atoms with Gasteiger partial charge in [0.15, 0.2) is 0 Å². The Balaban J connectivity index is 1.44. The van der Waals surface area contributed by atoms with Crippen molar-refractivity contribution in [2.75, 3.05) is 11.9 Å². The Bertz CT molecular complexity index is 1220. The number of anilines is 1. The Morgan fingerprint density at radius 2 is 1.56 bits per heavy atom. The van der Waals surface area contributed by atoms with Crippen LogP contribution < -0.4 is 10.6 Å². The molecule has 0 aromatic heterocycles. The van der Waals surface area contributed by atoms with Gasteiger partial charge in [-0.1, -0.05) is 71.7 Å². The number of fused-ring (bicyclic) bond motifs is 3. The van der Waals surface area contributed by atoms with Gasteiger partial charge in [-0.3, -0.25) is 9.59 Å². The lowest BCUT2D eigenvalue weighted by Crippen LogP contribution is -2.45. The van der Waals surface area contributed by atoms with Gasteiger partial charge in [-0.05, 0) is 40.5 Å². The maximum atomic E-state index is 12.7. The summed E-state index contributed by atoms with van der Waals surface area (Å²) in [5.74, 6) is -2.20. The van der Waals surface area contributed by atoms with Gasteiger partial charge in [-0.15, -0.1) is 0 Å². The average Bonchev–Trinajstić information content (AvgIpc) is 3.13. The second-order valence-corrected chi connectivity index (χ2v) is 8.58. The van der Waals surface area contributed by atoms with Gasteiger partial charge in [0.25, 0.3) is 0 Å². The average molecular weight is 499 g/mol. The van der Waals surface area contributed by atoms with Crippen LogP contribution in [0.25, 0.3) is 11.1 Å². The van der Waals surface area contributed by atoms with E-state index in [1.165, 1.54) is 12.1 Å². The fourth-order valence-electron chi connectivity index (χ4n) is 3.98. The van der Waals surface area contributed by atoms with E-state index in [0.29, 0.717) is 5.02 Å². The first-order valence-corrected chi connectivity index (χ1v) is 11.2. The Hall–Kier alpha value is -3.55. The predicted octanol–water partition coefficient (Wildman–Crippen LogP) is 5.31. The Morgan fingerprint density at radius 1 is 0.941 bits per heavy atom. The van der Waals surface area contributed by atoms with Crippen molar-refractivity contribution in [1.82, 2.24) is 5.32 Å². The minimum atomic E-state index is -1.39. The summed E-state index contributed by atoms with van der Waals surface area (Å²) >= 11 is 12.0. The van der Waals surface area contributed by atoms with Crippen molar-refractivity contribution in [3.8, 4) is 11.1 Å². The highest BCUT2D eigenvalue weighted by Crippen LogP contribution is 2.44. The summed E-state index contributed by atoms with van der Waals surface area (Å²) in [7, 11) is 0. The van der Waals surface area contributed by atoms with Crippen molar-refractivity contribution in [1.29, 1.82) is 0 Å². The molecule has 7 nitrogen and oxygen atoms in total. The topological polar surface area (TPSA) is 105 Å². The molecule has 0 aliphatic heterocycles. The molecule has 1 atom stereocenters. The number of carbonyl (C=O) groups is 3. The van der Waals surface area contributed by atoms with Gasteiger partial charge in [0.05, 0.1) is 17.1 Å². The fourth-order valence-corrected chi connectivity index (χ4v) is 4.32. The number of benzene rings is 3. The standard InChI is InChI=1S/C25H20Cl2N2O5/c26-14-9-10-20(27)21(11-14)28-24(32)22(12-23(30)31)29-25(33)34-13-19-17-7-3-1-5-15(17)16-6-2-4-8-18(16)19/h1-11,19,22H,12-13H2,(H,28,32)(H,29,33)(H,30,31). The van der Waals surface area contributed by atoms with E-state index in [9.17, 15) is 19.5 Å². The van der Waals surface area contributed by atoms with E-state index in [1.807, 2.05) is 48.5 Å². The number of rotatable bonds is 7. The maximum Gasteiger partial charge on any atom is 0.407 e. The van der Waals surface area contributed by atoms with E-state index in [1.54, 1.807) is 6.07 Å². The SMILES string of the molecule is O=C(O)CC(NC(=O)OCC1c2ccccc2-c2ccccc21)C(=O)Nc1cc(Cl)ccc1Cl. The Labute approximate surface area is 205 Å². The number of alkyl carbamates (subject to hydrolysis) is 1. The molecule has 1 aliphatic carbocycles. The van der Waals surface area contributed by atoms with Crippen LogP contribution in [-0.4, -0.2) is 35.7 Å². The molecule has 0 saturated carbocycles. The van der Waals surface area contributed by atoms with Gasteiger partial charge >= 0.3 is 12.1 Å². The molecule has 1 aliphatic rings. The first kappa shape index (κ1) is 23.6. The number of nitrogens with one attached hydrogen (secondary N) is 2. The molecule has 34 heavy (non-hydrogen) atoms. The van der Waals surface area contributed by atoms with Crippen molar-refractivity contribution in [2.24, 2.45) is 0 Å². The summed E-state index contributed by atoms with van der Waals surface area (Å²) in [6.07, 6.45) is -1.55. The molecule has 3 N–H and O–H groups in total. The van der Waals surface area contributed by atoms with Crippen LogP contribution >= 0.6 is 23.2 Å². The normalized spacial score (nSPS) is 12.9. The first-order valence-electron chi connectivity index (χ1n) is 10.4.